The van der Waals surface area contributed by atoms with E-state index in [0.717, 1.165) is 16.1 Å². The number of rotatable bonds is 6. The average molecular weight is 533 g/mol. The van der Waals surface area contributed by atoms with Gasteiger partial charge in [0.05, 0.1) is 27.4 Å². The number of nitrogens with zero attached hydrogens (tertiary/aromatic N) is 2. The van der Waals surface area contributed by atoms with E-state index in [1.807, 2.05) is 25.1 Å². The third kappa shape index (κ3) is 4.47. The number of benzene rings is 3. The van der Waals surface area contributed by atoms with Gasteiger partial charge in [0.15, 0.2) is 11.0 Å². The highest BCUT2D eigenvalue weighted by Crippen LogP contribution is 2.37. The van der Waals surface area contributed by atoms with Crippen molar-refractivity contribution in [1.82, 2.24) is 8.96 Å². The lowest BCUT2D eigenvalue weighted by molar-refractivity contribution is 0.588. The molecule has 9 heteroatoms. The summed E-state index contributed by atoms with van der Waals surface area (Å²) in [6, 6.07) is 19.7. The van der Waals surface area contributed by atoms with Gasteiger partial charge in [0, 0.05) is 27.6 Å². The highest BCUT2D eigenvalue weighted by atomic mass is 32.2. The van der Waals surface area contributed by atoms with Crippen molar-refractivity contribution in [3.05, 3.63) is 113 Å². The van der Waals surface area contributed by atoms with E-state index in [2.05, 4.69) is 0 Å². The zero-order valence-electron chi connectivity index (χ0n) is 19.7. The third-order valence-corrected chi connectivity index (χ3v) is 8.28. The number of hydrogen-bond donors (Lipinski definition) is 2. The number of aryl methyl sites for hydroxylation is 1. The van der Waals surface area contributed by atoms with Crippen LogP contribution in [0.3, 0.4) is 0 Å². The van der Waals surface area contributed by atoms with Crippen LogP contribution in [-0.2, 0) is 11.0 Å². The lowest BCUT2D eigenvalue weighted by Gasteiger charge is -2.12. The highest BCUT2D eigenvalue weighted by Gasteiger charge is 2.23. The fourth-order valence-corrected chi connectivity index (χ4v) is 6.37. The molecule has 1 unspecified atom stereocenters. The maximum absolute atomic E-state index is 14.9. The van der Waals surface area contributed by atoms with E-state index in [0.29, 0.717) is 26.4 Å². The summed E-state index contributed by atoms with van der Waals surface area (Å²) in [5.74, 6) is -1.47. The molecule has 0 radical (unpaired) electrons. The maximum Gasteiger partial charge on any atom is 0.157 e. The predicted molar refractivity (Wildman–Crippen MR) is 147 cm³/mol. The topological polar surface area (TPSA) is 86.9 Å². The number of nitrogens with two attached hydrogens (primary N) is 2. The number of fused-ring (bicyclic) bond motifs is 1. The van der Waals surface area contributed by atoms with Gasteiger partial charge < -0.3 is 11.5 Å². The molecule has 0 spiro atoms. The highest BCUT2D eigenvalue weighted by molar-refractivity contribution is 7.83. The summed E-state index contributed by atoms with van der Waals surface area (Å²) in [7, 11) is -1.75. The van der Waals surface area contributed by atoms with E-state index >= 15 is 0 Å². The number of aromatic nitrogens is 2. The van der Waals surface area contributed by atoms with Crippen LogP contribution in [0.5, 0.6) is 0 Å². The summed E-state index contributed by atoms with van der Waals surface area (Å²) >= 11 is 1.48. The van der Waals surface area contributed by atoms with Crippen LogP contribution in [0.2, 0.25) is 0 Å². The maximum atomic E-state index is 14.9. The van der Waals surface area contributed by atoms with E-state index in [1.54, 1.807) is 42.5 Å². The van der Waals surface area contributed by atoms with Crippen LogP contribution in [0, 0.1) is 18.6 Å². The van der Waals surface area contributed by atoms with Gasteiger partial charge in [-0.25, -0.2) is 18.0 Å². The molecule has 0 aliphatic rings. The fraction of sp³-hybridized carbons (Fsp3) is 0.0357. The van der Waals surface area contributed by atoms with Gasteiger partial charge in [0.2, 0.25) is 0 Å². The van der Waals surface area contributed by atoms with Crippen molar-refractivity contribution in [1.29, 1.82) is 0 Å². The molecule has 5 rings (SSSR count). The Kier molecular flexibility index (Phi) is 6.73. The minimum Gasteiger partial charge on any atom is -0.405 e. The van der Waals surface area contributed by atoms with Gasteiger partial charge in [-0.15, -0.1) is 11.3 Å². The molecule has 0 saturated carbocycles. The Morgan fingerprint density at radius 1 is 1.00 bits per heavy atom. The van der Waals surface area contributed by atoms with E-state index < -0.39 is 22.6 Å². The van der Waals surface area contributed by atoms with Crippen molar-refractivity contribution >= 4 is 38.8 Å². The second-order valence-corrected chi connectivity index (χ2v) is 10.7. The van der Waals surface area contributed by atoms with Crippen LogP contribution in [0.15, 0.2) is 96.2 Å². The molecule has 2 heterocycles. The minimum absolute atomic E-state index is 0.182. The van der Waals surface area contributed by atoms with Gasteiger partial charge in [0.1, 0.15) is 16.6 Å². The Bertz CT molecular complexity index is 1680. The molecule has 186 valence electrons. The van der Waals surface area contributed by atoms with Crippen LogP contribution >= 0.6 is 11.3 Å². The van der Waals surface area contributed by atoms with Crippen molar-refractivity contribution in [2.75, 3.05) is 0 Å². The number of thiazole rings is 1. The molecule has 0 saturated heterocycles. The lowest BCUT2D eigenvalue weighted by Crippen LogP contribution is -2.08. The molecule has 3 aromatic carbocycles. The van der Waals surface area contributed by atoms with Gasteiger partial charge in [-0.05, 0) is 61.7 Å². The van der Waals surface area contributed by atoms with Crippen molar-refractivity contribution in [2.24, 2.45) is 11.5 Å². The van der Waals surface area contributed by atoms with Gasteiger partial charge in [-0.1, -0.05) is 30.3 Å². The van der Waals surface area contributed by atoms with Gasteiger partial charge >= 0.3 is 0 Å². The Labute approximate surface area is 219 Å². The lowest BCUT2D eigenvalue weighted by atomic mass is 10.1. The SMILES string of the molecule is Cc1sc(C(/C=C\N)=C/N)nc1-c1ccc2c(c1)cc(-c1c(F)cccc1F)n2S(=O)c1ccccc1. The van der Waals surface area contributed by atoms with Crippen LogP contribution in [0.4, 0.5) is 8.78 Å². The number of halogens is 2. The molecular weight excluding hydrogens is 510 g/mol. The quantitative estimate of drug-likeness (QED) is 0.249. The second kappa shape index (κ2) is 10.1. The molecule has 5 aromatic rings. The average Bonchev–Trinajstić information content (AvgIpc) is 3.47. The first-order valence-electron chi connectivity index (χ1n) is 11.3. The normalized spacial score (nSPS) is 13.0. The molecular formula is C28H22F2N4OS2. The van der Waals surface area contributed by atoms with Crippen LogP contribution < -0.4 is 11.5 Å². The number of allylic oxidation sites excluding steroid dienone is 2. The largest absolute Gasteiger partial charge is 0.405 e. The molecule has 2 aromatic heterocycles. The molecule has 1 atom stereocenters. The summed E-state index contributed by atoms with van der Waals surface area (Å²) in [5.41, 5.74) is 14.1. The molecule has 0 amide bonds. The van der Waals surface area contributed by atoms with E-state index in [1.165, 1.54) is 45.9 Å². The summed E-state index contributed by atoms with van der Waals surface area (Å²) < 4.78 is 45.0. The number of hydrogen-bond acceptors (Lipinski definition) is 5. The molecule has 5 nitrogen and oxygen atoms in total. The standard InChI is InChI=1S/C28H22F2N4OS2/c1-17-27(33-28(36-17)19(16-32)12-13-31)18-10-11-24-20(14-18)15-25(26-22(29)8-5-9-23(26)30)34(24)37(35)21-6-3-2-4-7-21/h2-16H,31-32H2,1H3/b13-12-,19-16+. The summed E-state index contributed by atoms with van der Waals surface area (Å²) in [6.45, 7) is 1.96. The van der Waals surface area contributed by atoms with Crippen LogP contribution in [0.25, 0.3) is 39.0 Å². The molecule has 0 aliphatic carbocycles. The second-order valence-electron chi connectivity index (χ2n) is 8.16. The Morgan fingerprint density at radius 3 is 2.41 bits per heavy atom. The van der Waals surface area contributed by atoms with Crippen LogP contribution in [0.1, 0.15) is 9.88 Å². The smallest absolute Gasteiger partial charge is 0.157 e. The van der Waals surface area contributed by atoms with Crippen molar-refractivity contribution in [3.63, 3.8) is 0 Å². The molecule has 0 fully saturated rings. The summed E-state index contributed by atoms with van der Waals surface area (Å²) in [6.07, 6.45) is 4.53. The Morgan fingerprint density at radius 2 is 1.73 bits per heavy atom. The first kappa shape index (κ1) is 24.6. The Balaban J connectivity index is 1.72. The fourth-order valence-electron chi connectivity index (χ4n) is 4.16. The van der Waals surface area contributed by atoms with E-state index in [-0.39, 0.29) is 11.3 Å². The predicted octanol–water partition coefficient (Wildman–Crippen LogP) is 6.36. The monoisotopic (exact) mass is 532 g/mol. The molecule has 0 aliphatic heterocycles. The van der Waals surface area contributed by atoms with E-state index in [9.17, 15) is 13.0 Å². The third-order valence-electron chi connectivity index (χ3n) is 5.86. The zero-order valence-corrected chi connectivity index (χ0v) is 21.3. The van der Waals surface area contributed by atoms with Crippen LogP contribution in [-0.4, -0.2) is 13.2 Å². The van der Waals surface area contributed by atoms with Gasteiger partial charge in [0.25, 0.3) is 0 Å². The molecule has 4 N–H and O–H groups in total. The molecule has 0 bridgehead atoms. The van der Waals surface area contributed by atoms with Crippen molar-refractivity contribution < 1.29 is 13.0 Å². The first-order valence-corrected chi connectivity index (χ1v) is 13.2. The van der Waals surface area contributed by atoms with Gasteiger partial charge in [-0.3, -0.25) is 3.97 Å². The minimum atomic E-state index is -1.75. The van der Waals surface area contributed by atoms with E-state index in [4.69, 9.17) is 16.5 Å². The Hall–Kier alpha value is -4.08. The molecule has 37 heavy (non-hydrogen) atoms. The van der Waals surface area contributed by atoms with Crippen molar-refractivity contribution in [2.45, 2.75) is 11.8 Å². The first-order chi connectivity index (χ1) is 17.9. The summed E-state index contributed by atoms with van der Waals surface area (Å²) in [4.78, 5) is 6.23. The van der Waals surface area contributed by atoms with Crippen molar-refractivity contribution in [3.8, 4) is 22.5 Å². The van der Waals surface area contributed by atoms with Gasteiger partial charge in [-0.2, -0.15) is 0 Å². The summed E-state index contributed by atoms with van der Waals surface area (Å²) in [5, 5.41) is 1.39. The zero-order chi connectivity index (χ0) is 26.1.